The molecule has 4 aromatic rings. The SMILES string of the molecule is CCc1cnn(-c2ccc(-c3nccc4c(Cl)c(C5(C)CS(=O)(=O)N(C)C(N)=N5)sc34)c(F)c2)c1. The van der Waals surface area contributed by atoms with Gasteiger partial charge in [0.25, 0.3) is 0 Å². The van der Waals surface area contributed by atoms with E-state index in [-0.39, 0.29) is 11.7 Å². The summed E-state index contributed by atoms with van der Waals surface area (Å²) in [5, 5.41) is 5.29. The molecule has 1 aliphatic rings. The highest BCUT2D eigenvalue weighted by Gasteiger charge is 2.43. The minimum Gasteiger partial charge on any atom is -0.369 e. The zero-order valence-electron chi connectivity index (χ0n) is 19.2. The predicted molar refractivity (Wildman–Crippen MR) is 137 cm³/mol. The number of nitrogens with zero attached hydrogens (tertiary/aromatic N) is 5. The van der Waals surface area contributed by atoms with Gasteiger partial charge in [0.2, 0.25) is 16.0 Å². The number of hydrogen-bond donors (Lipinski definition) is 1. The van der Waals surface area contributed by atoms with E-state index in [9.17, 15) is 8.42 Å². The van der Waals surface area contributed by atoms with Crippen molar-refractivity contribution in [3.05, 3.63) is 64.1 Å². The van der Waals surface area contributed by atoms with E-state index in [0.29, 0.717) is 36.9 Å². The summed E-state index contributed by atoms with van der Waals surface area (Å²) in [4.78, 5) is 9.42. The minimum absolute atomic E-state index is 0.114. The van der Waals surface area contributed by atoms with Crippen molar-refractivity contribution in [1.29, 1.82) is 0 Å². The van der Waals surface area contributed by atoms with Gasteiger partial charge in [-0.15, -0.1) is 11.3 Å². The van der Waals surface area contributed by atoms with Crippen molar-refractivity contribution in [1.82, 2.24) is 19.1 Å². The Balaban J connectivity index is 1.63. The van der Waals surface area contributed by atoms with Gasteiger partial charge in [0.1, 0.15) is 11.4 Å². The molecule has 12 heteroatoms. The number of guanidine groups is 1. The molecule has 8 nitrogen and oxygen atoms in total. The van der Waals surface area contributed by atoms with E-state index in [1.165, 1.54) is 24.5 Å². The summed E-state index contributed by atoms with van der Waals surface area (Å²) < 4.78 is 43.9. The fourth-order valence-electron chi connectivity index (χ4n) is 4.12. The number of sulfonamides is 1. The van der Waals surface area contributed by atoms with Crippen LogP contribution in [0.25, 0.3) is 27.0 Å². The highest BCUT2D eigenvalue weighted by Crippen LogP contribution is 2.47. The van der Waals surface area contributed by atoms with E-state index in [4.69, 9.17) is 17.3 Å². The molecule has 0 spiro atoms. The first-order valence-electron chi connectivity index (χ1n) is 10.8. The number of thiophene rings is 1. The average Bonchev–Trinajstić information content (AvgIpc) is 3.42. The average molecular weight is 533 g/mol. The lowest BCUT2D eigenvalue weighted by molar-refractivity contribution is 0.482. The molecule has 1 unspecified atom stereocenters. The van der Waals surface area contributed by atoms with Crippen molar-refractivity contribution in [2.75, 3.05) is 12.8 Å². The Morgan fingerprint density at radius 1 is 1.31 bits per heavy atom. The van der Waals surface area contributed by atoms with Crippen molar-refractivity contribution >= 4 is 49.0 Å². The molecular weight excluding hydrogens is 511 g/mol. The number of aryl methyl sites for hydroxylation is 1. The van der Waals surface area contributed by atoms with Crippen LogP contribution in [0.4, 0.5) is 4.39 Å². The van der Waals surface area contributed by atoms with Crippen LogP contribution < -0.4 is 5.73 Å². The highest BCUT2D eigenvalue weighted by atomic mass is 35.5. The third-order valence-corrected chi connectivity index (χ3v) is 10.0. The van der Waals surface area contributed by atoms with Gasteiger partial charge in [-0.2, -0.15) is 5.10 Å². The lowest BCUT2D eigenvalue weighted by Crippen LogP contribution is -2.50. The number of halogens is 2. The van der Waals surface area contributed by atoms with Gasteiger partial charge in [0.05, 0.1) is 37.9 Å². The molecule has 1 aromatic carbocycles. The zero-order valence-corrected chi connectivity index (χ0v) is 21.5. The first-order chi connectivity index (χ1) is 16.5. The van der Waals surface area contributed by atoms with E-state index in [1.807, 2.05) is 13.1 Å². The van der Waals surface area contributed by atoms with Crippen LogP contribution in [0.15, 0.2) is 47.8 Å². The maximum atomic E-state index is 15.3. The molecule has 2 N–H and O–H groups in total. The Bertz CT molecular complexity index is 1610. The second-order valence-corrected chi connectivity index (χ2v) is 12.0. The van der Waals surface area contributed by atoms with Gasteiger partial charge in [-0.1, -0.05) is 18.5 Å². The lowest BCUT2D eigenvalue weighted by atomic mass is 10.0. The highest BCUT2D eigenvalue weighted by molar-refractivity contribution is 7.89. The molecule has 0 bridgehead atoms. The summed E-state index contributed by atoms with van der Waals surface area (Å²) in [5.41, 5.74) is 7.09. The van der Waals surface area contributed by atoms with Crippen LogP contribution >= 0.6 is 22.9 Å². The fraction of sp³-hybridized carbons (Fsp3) is 0.261. The van der Waals surface area contributed by atoms with Gasteiger partial charge in [-0.25, -0.2) is 26.8 Å². The fourth-order valence-corrected chi connectivity index (χ4v) is 7.46. The summed E-state index contributed by atoms with van der Waals surface area (Å²) in [7, 11) is -2.32. The molecule has 0 fully saturated rings. The van der Waals surface area contributed by atoms with Crippen molar-refractivity contribution in [2.45, 2.75) is 25.8 Å². The van der Waals surface area contributed by atoms with Crippen LogP contribution in [-0.2, 0) is 22.0 Å². The number of fused-ring (bicyclic) bond motifs is 1. The number of nitrogens with two attached hydrogens (primary N) is 1. The van der Waals surface area contributed by atoms with Gasteiger partial charge in [0, 0.05) is 36.5 Å². The van der Waals surface area contributed by atoms with Crippen molar-refractivity contribution < 1.29 is 12.8 Å². The van der Waals surface area contributed by atoms with E-state index >= 15 is 4.39 Å². The molecule has 4 heterocycles. The molecule has 182 valence electrons. The summed E-state index contributed by atoms with van der Waals surface area (Å²) in [6.45, 7) is 3.71. The minimum atomic E-state index is -3.68. The normalized spacial score (nSPS) is 19.8. The molecule has 3 aromatic heterocycles. The zero-order chi connectivity index (χ0) is 25.1. The van der Waals surface area contributed by atoms with Crippen molar-refractivity contribution in [2.24, 2.45) is 10.7 Å². The predicted octanol–water partition coefficient (Wildman–Crippen LogP) is 4.31. The first kappa shape index (κ1) is 23.7. The van der Waals surface area contributed by atoms with Crippen molar-refractivity contribution in [3.63, 3.8) is 0 Å². The number of benzene rings is 1. The van der Waals surface area contributed by atoms with Crippen LogP contribution in [-0.4, -0.2) is 46.2 Å². The number of aliphatic imine (C=N–C) groups is 1. The van der Waals surface area contributed by atoms with Crippen molar-refractivity contribution in [3.8, 4) is 16.9 Å². The molecule has 0 radical (unpaired) electrons. The number of pyridine rings is 1. The Morgan fingerprint density at radius 2 is 2.09 bits per heavy atom. The Morgan fingerprint density at radius 3 is 2.74 bits per heavy atom. The molecule has 1 aliphatic heterocycles. The molecule has 0 aliphatic carbocycles. The molecule has 0 saturated carbocycles. The van der Waals surface area contributed by atoms with Crippen LogP contribution in [0, 0.1) is 5.82 Å². The summed E-state index contributed by atoms with van der Waals surface area (Å²) >= 11 is 7.98. The quantitative estimate of drug-likeness (QED) is 0.421. The topological polar surface area (TPSA) is 106 Å². The number of hydrogen-bond acceptors (Lipinski definition) is 7. The maximum Gasteiger partial charge on any atom is 0.239 e. The molecule has 35 heavy (non-hydrogen) atoms. The van der Waals surface area contributed by atoms with Gasteiger partial charge in [0.15, 0.2) is 0 Å². The summed E-state index contributed by atoms with van der Waals surface area (Å²) in [5.74, 6) is -0.867. The van der Waals surface area contributed by atoms with Crippen LogP contribution in [0.1, 0.15) is 24.3 Å². The Labute approximate surface area is 210 Å². The molecule has 0 saturated heterocycles. The third-order valence-electron chi connectivity index (χ3n) is 6.11. The monoisotopic (exact) mass is 532 g/mol. The molecule has 0 amide bonds. The standard InChI is InChI=1S/C23H22ClFN6O2S2/c1-4-13-10-28-31(11-13)14-5-6-15(17(25)9-14)19-20-16(7-8-27-19)18(24)21(34-20)23(2)12-35(32,33)30(3)22(26)29-23/h5-11H,4,12H2,1-3H3,(H2,26,29). The summed E-state index contributed by atoms with van der Waals surface area (Å²) in [6, 6.07) is 6.57. The van der Waals surface area contributed by atoms with Gasteiger partial charge < -0.3 is 5.73 Å². The Hall–Kier alpha value is -3.02. The van der Waals surface area contributed by atoms with Crippen LogP contribution in [0.3, 0.4) is 0 Å². The maximum absolute atomic E-state index is 15.3. The summed E-state index contributed by atoms with van der Waals surface area (Å²) in [6.07, 6.45) is 6.00. The molecule has 1 atom stereocenters. The Kier molecular flexibility index (Phi) is 5.61. The van der Waals surface area contributed by atoms with E-state index in [1.54, 1.807) is 42.2 Å². The molecular formula is C23H22ClFN6O2S2. The van der Waals surface area contributed by atoms with Crippen LogP contribution in [0.2, 0.25) is 5.02 Å². The number of aromatic nitrogens is 3. The second kappa shape index (κ2) is 8.28. The smallest absolute Gasteiger partial charge is 0.239 e. The lowest BCUT2D eigenvalue weighted by Gasteiger charge is -2.33. The molecule has 5 rings (SSSR count). The third kappa shape index (κ3) is 3.87. The largest absolute Gasteiger partial charge is 0.369 e. The van der Waals surface area contributed by atoms with E-state index in [2.05, 4.69) is 15.1 Å². The number of rotatable bonds is 4. The van der Waals surface area contributed by atoms with Gasteiger partial charge >= 0.3 is 0 Å². The van der Waals surface area contributed by atoms with E-state index in [0.717, 1.165) is 16.3 Å². The first-order valence-corrected chi connectivity index (χ1v) is 13.6. The van der Waals surface area contributed by atoms with Gasteiger partial charge in [-0.3, -0.25) is 4.98 Å². The van der Waals surface area contributed by atoms with E-state index < -0.39 is 21.4 Å². The van der Waals surface area contributed by atoms with Gasteiger partial charge in [-0.05, 0) is 37.1 Å². The van der Waals surface area contributed by atoms with Crippen LogP contribution in [0.5, 0.6) is 0 Å². The second-order valence-electron chi connectivity index (χ2n) is 8.56.